The predicted octanol–water partition coefficient (Wildman–Crippen LogP) is 2.92. The van der Waals surface area contributed by atoms with Gasteiger partial charge in [0.25, 0.3) is 0 Å². The second-order valence-electron chi connectivity index (χ2n) is 5.10. The van der Waals surface area contributed by atoms with Crippen molar-refractivity contribution in [1.82, 2.24) is 4.57 Å². The molecule has 0 spiro atoms. The zero-order chi connectivity index (χ0) is 14.8. The summed E-state index contributed by atoms with van der Waals surface area (Å²) in [5, 5.41) is 10.4. The number of phenolic OH excluding ortho intramolecular Hbond substituents is 1. The molecule has 0 unspecified atom stereocenters. The fraction of sp³-hybridized carbons (Fsp3) is 0.176. The molecule has 0 aliphatic carbocycles. The van der Waals surface area contributed by atoms with Gasteiger partial charge in [0.15, 0.2) is 0 Å². The molecule has 0 saturated carbocycles. The number of ether oxygens (including phenoxy) is 1. The number of aromatic nitrogens is 1. The summed E-state index contributed by atoms with van der Waals surface area (Å²) in [4.78, 5) is 0. The van der Waals surface area contributed by atoms with E-state index >= 15 is 0 Å². The predicted molar refractivity (Wildman–Crippen MR) is 83.2 cm³/mol. The van der Waals surface area contributed by atoms with Gasteiger partial charge in [0, 0.05) is 36.3 Å². The number of aryl methyl sites for hydroxylation is 1. The number of aromatic hydroxyl groups is 1. The van der Waals surface area contributed by atoms with Crippen LogP contribution in [0.15, 0.2) is 48.7 Å². The van der Waals surface area contributed by atoms with Crippen LogP contribution in [0.1, 0.15) is 11.1 Å². The van der Waals surface area contributed by atoms with E-state index in [4.69, 9.17) is 10.5 Å². The van der Waals surface area contributed by atoms with Crippen LogP contribution >= 0.6 is 0 Å². The summed E-state index contributed by atoms with van der Waals surface area (Å²) in [5.41, 5.74) is 9.11. The van der Waals surface area contributed by atoms with E-state index in [1.165, 1.54) is 5.39 Å². The van der Waals surface area contributed by atoms with E-state index in [0.29, 0.717) is 13.2 Å². The quantitative estimate of drug-likeness (QED) is 0.773. The summed E-state index contributed by atoms with van der Waals surface area (Å²) in [6.07, 6.45) is 2.07. The highest BCUT2D eigenvalue weighted by atomic mass is 16.5. The highest BCUT2D eigenvalue weighted by Gasteiger charge is 2.08. The van der Waals surface area contributed by atoms with Crippen molar-refractivity contribution in [2.24, 2.45) is 12.8 Å². The Bertz CT molecular complexity index is 760. The van der Waals surface area contributed by atoms with E-state index in [0.717, 1.165) is 22.4 Å². The summed E-state index contributed by atoms with van der Waals surface area (Å²) >= 11 is 0. The number of phenols is 1. The van der Waals surface area contributed by atoms with Crippen LogP contribution in [0.3, 0.4) is 0 Å². The zero-order valence-corrected chi connectivity index (χ0v) is 11.9. The minimum atomic E-state index is 0.236. The average Bonchev–Trinajstić information content (AvgIpc) is 2.82. The van der Waals surface area contributed by atoms with Gasteiger partial charge in [-0.1, -0.05) is 6.07 Å². The second-order valence-corrected chi connectivity index (χ2v) is 5.10. The lowest BCUT2D eigenvalue weighted by molar-refractivity contribution is 0.307. The van der Waals surface area contributed by atoms with Crippen LogP contribution in [0, 0.1) is 0 Å². The normalized spacial score (nSPS) is 11.0. The van der Waals surface area contributed by atoms with Crippen molar-refractivity contribution in [3.8, 4) is 11.5 Å². The van der Waals surface area contributed by atoms with Crippen LogP contribution < -0.4 is 10.5 Å². The largest absolute Gasteiger partial charge is 0.508 e. The van der Waals surface area contributed by atoms with Crippen molar-refractivity contribution in [3.63, 3.8) is 0 Å². The van der Waals surface area contributed by atoms with Crippen molar-refractivity contribution in [1.29, 1.82) is 0 Å². The molecule has 108 valence electrons. The van der Waals surface area contributed by atoms with Crippen LogP contribution in [-0.4, -0.2) is 9.67 Å². The Kier molecular flexibility index (Phi) is 3.54. The molecule has 4 heteroatoms. The number of nitrogens with zero attached hydrogens (tertiary/aromatic N) is 1. The molecule has 2 aromatic carbocycles. The van der Waals surface area contributed by atoms with Crippen molar-refractivity contribution >= 4 is 10.9 Å². The first-order chi connectivity index (χ1) is 10.2. The third-order valence-corrected chi connectivity index (χ3v) is 3.60. The summed E-state index contributed by atoms with van der Waals surface area (Å²) in [6.45, 7) is 1.01. The molecular weight excluding hydrogens is 264 g/mol. The molecule has 0 aliphatic heterocycles. The molecule has 0 saturated heterocycles. The van der Waals surface area contributed by atoms with Gasteiger partial charge in [-0.05, 0) is 42.0 Å². The Morgan fingerprint density at radius 1 is 1.14 bits per heavy atom. The van der Waals surface area contributed by atoms with Crippen LogP contribution in [0.5, 0.6) is 11.5 Å². The Hall–Kier alpha value is -2.46. The lowest BCUT2D eigenvalue weighted by Gasteiger charge is -2.06. The van der Waals surface area contributed by atoms with E-state index in [-0.39, 0.29) is 5.75 Å². The van der Waals surface area contributed by atoms with Crippen molar-refractivity contribution < 1.29 is 9.84 Å². The molecule has 0 fully saturated rings. The van der Waals surface area contributed by atoms with E-state index in [1.807, 2.05) is 13.1 Å². The van der Waals surface area contributed by atoms with Gasteiger partial charge in [-0.3, -0.25) is 0 Å². The molecule has 0 atom stereocenters. The number of fused-ring (bicyclic) bond motifs is 1. The SMILES string of the molecule is Cn1cc(COc2ccc(O)cc2)c2cc(CN)ccc21. The van der Waals surface area contributed by atoms with Crippen molar-refractivity contribution in [3.05, 3.63) is 59.8 Å². The molecule has 3 rings (SSSR count). The van der Waals surface area contributed by atoms with Crippen molar-refractivity contribution in [2.45, 2.75) is 13.2 Å². The standard InChI is InChI=1S/C17H18N2O2/c1-19-10-13(11-21-15-5-3-14(20)4-6-15)16-8-12(9-18)2-7-17(16)19/h2-8,10,20H,9,11,18H2,1H3. The summed E-state index contributed by atoms with van der Waals surface area (Å²) in [7, 11) is 2.02. The summed E-state index contributed by atoms with van der Waals surface area (Å²) in [6, 6.07) is 13.0. The Morgan fingerprint density at radius 2 is 1.90 bits per heavy atom. The number of rotatable bonds is 4. The molecular formula is C17H18N2O2. The second kappa shape index (κ2) is 5.50. The van der Waals surface area contributed by atoms with E-state index in [9.17, 15) is 5.11 Å². The maximum absolute atomic E-state index is 9.27. The molecule has 4 nitrogen and oxygen atoms in total. The Morgan fingerprint density at radius 3 is 2.62 bits per heavy atom. The lowest BCUT2D eigenvalue weighted by atomic mass is 10.1. The van der Waals surface area contributed by atoms with Gasteiger partial charge in [-0.2, -0.15) is 0 Å². The smallest absolute Gasteiger partial charge is 0.120 e. The van der Waals surface area contributed by atoms with Crippen LogP contribution in [0.25, 0.3) is 10.9 Å². The first-order valence-electron chi connectivity index (χ1n) is 6.86. The third kappa shape index (κ3) is 2.71. The maximum Gasteiger partial charge on any atom is 0.120 e. The van der Waals surface area contributed by atoms with Crippen LogP contribution in [-0.2, 0) is 20.2 Å². The zero-order valence-electron chi connectivity index (χ0n) is 11.9. The van der Waals surface area contributed by atoms with Crippen molar-refractivity contribution in [2.75, 3.05) is 0 Å². The minimum Gasteiger partial charge on any atom is -0.508 e. The minimum absolute atomic E-state index is 0.236. The molecule has 21 heavy (non-hydrogen) atoms. The lowest BCUT2D eigenvalue weighted by Crippen LogP contribution is -1.97. The van der Waals surface area contributed by atoms with Gasteiger partial charge in [-0.15, -0.1) is 0 Å². The highest BCUT2D eigenvalue weighted by molar-refractivity contribution is 5.84. The molecule has 3 aromatic rings. The fourth-order valence-electron chi connectivity index (χ4n) is 2.47. The highest BCUT2D eigenvalue weighted by Crippen LogP contribution is 2.24. The van der Waals surface area contributed by atoms with Gasteiger partial charge in [-0.25, -0.2) is 0 Å². The average molecular weight is 282 g/mol. The van der Waals surface area contributed by atoms with Gasteiger partial charge in [0.2, 0.25) is 0 Å². The molecule has 0 bridgehead atoms. The van der Waals surface area contributed by atoms with Gasteiger partial charge in [0.1, 0.15) is 18.1 Å². The Balaban J connectivity index is 1.87. The number of benzene rings is 2. The first-order valence-corrected chi connectivity index (χ1v) is 6.86. The van der Waals surface area contributed by atoms with Crippen LogP contribution in [0.4, 0.5) is 0 Å². The topological polar surface area (TPSA) is 60.4 Å². The van der Waals surface area contributed by atoms with E-state index < -0.39 is 0 Å². The third-order valence-electron chi connectivity index (χ3n) is 3.60. The van der Waals surface area contributed by atoms with Gasteiger partial charge in [0.05, 0.1) is 0 Å². The first kappa shape index (κ1) is 13.5. The fourth-order valence-corrected chi connectivity index (χ4v) is 2.47. The molecule has 0 aliphatic rings. The number of hydrogen-bond acceptors (Lipinski definition) is 3. The van der Waals surface area contributed by atoms with E-state index in [2.05, 4.69) is 22.9 Å². The summed E-state index contributed by atoms with van der Waals surface area (Å²) in [5.74, 6) is 0.972. The molecule has 0 amide bonds. The maximum atomic E-state index is 9.27. The molecule has 1 heterocycles. The van der Waals surface area contributed by atoms with Crippen LogP contribution in [0.2, 0.25) is 0 Å². The monoisotopic (exact) mass is 282 g/mol. The molecule has 3 N–H and O–H groups in total. The van der Waals surface area contributed by atoms with Gasteiger partial charge >= 0.3 is 0 Å². The summed E-state index contributed by atoms with van der Waals surface area (Å²) < 4.78 is 7.87. The number of hydrogen-bond donors (Lipinski definition) is 2. The molecule has 1 aromatic heterocycles. The van der Waals surface area contributed by atoms with Gasteiger partial charge < -0.3 is 20.1 Å². The Labute approximate surface area is 123 Å². The number of nitrogens with two attached hydrogens (primary N) is 1. The molecule has 0 radical (unpaired) electrons. The van der Waals surface area contributed by atoms with E-state index in [1.54, 1.807) is 24.3 Å².